The van der Waals surface area contributed by atoms with E-state index in [-0.39, 0.29) is 0 Å². The van der Waals surface area contributed by atoms with Crippen LogP contribution < -0.4 is 0 Å². The van der Waals surface area contributed by atoms with Crippen LogP contribution in [-0.4, -0.2) is 15.0 Å². The number of para-hydroxylation sites is 2. The first-order valence-electron chi connectivity index (χ1n) is 21.3. The van der Waals surface area contributed by atoms with Gasteiger partial charge in [-0.2, -0.15) is 0 Å². The Balaban J connectivity index is 1.08. The van der Waals surface area contributed by atoms with Crippen molar-refractivity contribution in [2.24, 2.45) is 0 Å². The Hall–Kier alpha value is -8.47. The van der Waals surface area contributed by atoms with Crippen LogP contribution in [0.1, 0.15) is 0 Å². The van der Waals surface area contributed by atoms with Gasteiger partial charge in [-0.1, -0.05) is 182 Å². The second-order valence-electron chi connectivity index (χ2n) is 15.9. The van der Waals surface area contributed by atoms with E-state index in [1.54, 1.807) is 0 Å². The summed E-state index contributed by atoms with van der Waals surface area (Å²) in [5.41, 5.74) is 15.9. The quantitative estimate of drug-likeness (QED) is 0.151. The van der Waals surface area contributed by atoms with Gasteiger partial charge in [0.25, 0.3) is 0 Å². The van der Waals surface area contributed by atoms with Crippen molar-refractivity contribution in [3.05, 3.63) is 224 Å². The van der Waals surface area contributed by atoms with Crippen molar-refractivity contribution in [1.82, 2.24) is 15.0 Å². The Morgan fingerprint density at radius 1 is 0.286 bits per heavy atom. The molecule has 3 aromatic heterocycles. The molecule has 294 valence electrons. The number of fused-ring (bicyclic) bond motifs is 6. The fourth-order valence-electron chi connectivity index (χ4n) is 9.09. The molecule has 0 amide bonds. The van der Waals surface area contributed by atoms with Crippen molar-refractivity contribution in [1.29, 1.82) is 0 Å². The van der Waals surface area contributed by atoms with Gasteiger partial charge in [0.1, 0.15) is 11.2 Å². The van der Waals surface area contributed by atoms with E-state index in [0.717, 1.165) is 116 Å². The number of rotatable bonds is 7. The maximum atomic E-state index is 6.66. The zero-order chi connectivity index (χ0) is 41.7. The van der Waals surface area contributed by atoms with E-state index >= 15 is 0 Å². The van der Waals surface area contributed by atoms with Gasteiger partial charge in [-0.05, 0) is 70.3 Å². The lowest BCUT2D eigenvalue weighted by Gasteiger charge is -2.16. The SMILES string of the molecule is c1ccc(-c2cccc(-c3cc(-c4cccc(-c5nc6ccccc6c6c(-c7ccccc7)c7c(cc56)oc5ccccc57)c4)nc(-c4cccc(-c5ccccc5)c4)n3)c2)cc1. The summed E-state index contributed by atoms with van der Waals surface area (Å²) >= 11 is 0. The fourth-order valence-corrected chi connectivity index (χ4v) is 9.09. The highest BCUT2D eigenvalue weighted by atomic mass is 16.3. The largest absolute Gasteiger partial charge is 0.456 e. The van der Waals surface area contributed by atoms with Crippen LogP contribution in [0.3, 0.4) is 0 Å². The molecule has 4 nitrogen and oxygen atoms in total. The molecule has 0 unspecified atom stereocenters. The van der Waals surface area contributed by atoms with Gasteiger partial charge in [-0.25, -0.2) is 15.0 Å². The van der Waals surface area contributed by atoms with Gasteiger partial charge in [-0.3, -0.25) is 0 Å². The van der Waals surface area contributed by atoms with Crippen LogP contribution >= 0.6 is 0 Å². The molecule has 0 fully saturated rings. The summed E-state index contributed by atoms with van der Waals surface area (Å²) in [5, 5.41) is 5.47. The zero-order valence-corrected chi connectivity index (χ0v) is 34.1. The average Bonchev–Trinajstić information content (AvgIpc) is 3.74. The molecule has 3 heterocycles. The number of hydrogen-bond donors (Lipinski definition) is 0. The topological polar surface area (TPSA) is 51.8 Å². The minimum absolute atomic E-state index is 0.657. The molecule has 63 heavy (non-hydrogen) atoms. The number of benzene rings is 9. The van der Waals surface area contributed by atoms with Gasteiger partial charge < -0.3 is 4.42 Å². The Bertz CT molecular complexity index is 3570. The van der Waals surface area contributed by atoms with Crippen molar-refractivity contribution in [3.8, 4) is 78.5 Å². The molecular weight excluding hydrogens is 767 g/mol. The number of hydrogen-bond acceptors (Lipinski definition) is 4. The predicted octanol–water partition coefficient (Wildman–Crippen LogP) is 15.7. The Labute approximate surface area is 364 Å². The number of pyridine rings is 1. The summed E-state index contributed by atoms with van der Waals surface area (Å²) in [6, 6.07) is 78.5. The molecule has 12 rings (SSSR count). The lowest BCUT2D eigenvalue weighted by atomic mass is 9.89. The van der Waals surface area contributed by atoms with Crippen LogP contribution in [0.5, 0.6) is 0 Å². The molecule has 12 aromatic rings. The van der Waals surface area contributed by atoms with Crippen molar-refractivity contribution in [2.45, 2.75) is 0 Å². The van der Waals surface area contributed by atoms with Gasteiger partial charge in [0.2, 0.25) is 0 Å². The summed E-state index contributed by atoms with van der Waals surface area (Å²) in [7, 11) is 0. The van der Waals surface area contributed by atoms with Gasteiger partial charge >= 0.3 is 0 Å². The van der Waals surface area contributed by atoms with Crippen molar-refractivity contribution in [3.63, 3.8) is 0 Å². The van der Waals surface area contributed by atoms with E-state index in [9.17, 15) is 0 Å². The van der Waals surface area contributed by atoms with Crippen molar-refractivity contribution < 1.29 is 4.42 Å². The molecule has 0 atom stereocenters. The maximum Gasteiger partial charge on any atom is 0.160 e. The van der Waals surface area contributed by atoms with Crippen LogP contribution in [0.15, 0.2) is 229 Å². The molecule has 0 saturated carbocycles. The van der Waals surface area contributed by atoms with Crippen molar-refractivity contribution in [2.75, 3.05) is 0 Å². The van der Waals surface area contributed by atoms with Gasteiger partial charge in [0.05, 0.1) is 22.6 Å². The summed E-state index contributed by atoms with van der Waals surface area (Å²) in [6.45, 7) is 0. The number of furan rings is 1. The van der Waals surface area contributed by atoms with Gasteiger partial charge in [0.15, 0.2) is 5.82 Å². The minimum atomic E-state index is 0.657. The fraction of sp³-hybridized carbons (Fsp3) is 0. The lowest BCUT2D eigenvalue weighted by molar-refractivity contribution is 0.669. The second kappa shape index (κ2) is 15.2. The monoisotopic (exact) mass is 803 g/mol. The molecule has 0 aliphatic rings. The Morgan fingerprint density at radius 3 is 1.44 bits per heavy atom. The molecule has 0 radical (unpaired) electrons. The number of nitrogens with zero attached hydrogens (tertiary/aromatic N) is 3. The maximum absolute atomic E-state index is 6.66. The summed E-state index contributed by atoms with van der Waals surface area (Å²) in [4.78, 5) is 16.0. The summed E-state index contributed by atoms with van der Waals surface area (Å²) < 4.78 is 6.66. The first-order chi connectivity index (χ1) is 31.2. The standard InChI is InChI=1S/C59H37N3O/c1-4-17-38(18-5-1)41-23-14-25-43(33-41)51-37-52(62-59(61-51)46-28-15-24-42(34-46)39-19-6-2-7-20-39)44-26-16-27-45(35-44)58-49-36-54-57(48-30-11-13-32-53(48)63-54)55(40-21-8-3-9-22-40)56(49)47-29-10-12-31-50(47)60-58/h1-37H. The zero-order valence-electron chi connectivity index (χ0n) is 34.1. The molecule has 0 bridgehead atoms. The highest BCUT2D eigenvalue weighted by Gasteiger charge is 2.22. The second-order valence-corrected chi connectivity index (χ2v) is 15.9. The lowest BCUT2D eigenvalue weighted by Crippen LogP contribution is -1.97. The molecule has 0 aliphatic heterocycles. The summed E-state index contributed by atoms with van der Waals surface area (Å²) in [5.74, 6) is 0.657. The van der Waals surface area contributed by atoms with E-state index in [1.165, 1.54) is 0 Å². The van der Waals surface area contributed by atoms with E-state index in [2.05, 4.69) is 206 Å². The van der Waals surface area contributed by atoms with Crippen LogP contribution in [0.25, 0.3) is 122 Å². The Kier molecular flexibility index (Phi) is 8.79. The minimum Gasteiger partial charge on any atom is -0.456 e. The van der Waals surface area contributed by atoms with E-state index in [1.807, 2.05) is 18.2 Å². The highest BCUT2D eigenvalue weighted by Crippen LogP contribution is 2.46. The first kappa shape index (κ1) is 36.4. The number of aromatic nitrogens is 3. The highest BCUT2D eigenvalue weighted by molar-refractivity contribution is 6.27. The molecule has 9 aromatic carbocycles. The van der Waals surface area contributed by atoms with Crippen LogP contribution in [-0.2, 0) is 0 Å². The average molecular weight is 804 g/mol. The molecular formula is C59H37N3O. The third-order valence-corrected chi connectivity index (χ3v) is 12.0. The predicted molar refractivity (Wildman–Crippen MR) is 260 cm³/mol. The Morgan fingerprint density at radius 2 is 0.778 bits per heavy atom. The molecule has 0 saturated heterocycles. The molecule has 0 spiro atoms. The molecule has 4 heteroatoms. The molecule has 0 aliphatic carbocycles. The third kappa shape index (κ3) is 6.53. The normalized spacial score (nSPS) is 11.5. The third-order valence-electron chi connectivity index (χ3n) is 12.0. The van der Waals surface area contributed by atoms with E-state index in [0.29, 0.717) is 5.82 Å². The van der Waals surface area contributed by atoms with Crippen molar-refractivity contribution >= 4 is 43.6 Å². The van der Waals surface area contributed by atoms with Crippen LogP contribution in [0.2, 0.25) is 0 Å². The van der Waals surface area contributed by atoms with Gasteiger partial charge in [-0.15, -0.1) is 0 Å². The molecule has 0 N–H and O–H groups in total. The van der Waals surface area contributed by atoms with E-state index < -0.39 is 0 Å². The summed E-state index contributed by atoms with van der Waals surface area (Å²) in [6.07, 6.45) is 0. The van der Waals surface area contributed by atoms with Crippen LogP contribution in [0.4, 0.5) is 0 Å². The van der Waals surface area contributed by atoms with Gasteiger partial charge in [0, 0.05) is 54.7 Å². The van der Waals surface area contributed by atoms with Crippen LogP contribution in [0, 0.1) is 0 Å². The first-order valence-corrected chi connectivity index (χ1v) is 21.3. The van der Waals surface area contributed by atoms with E-state index in [4.69, 9.17) is 19.4 Å². The smallest absolute Gasteiger partial charge is 0.160 e.